The first-order valence-electron chi connectivity index (χ1n) is 5.33. The van der Waals surface area contributed by atoms with Crippen molar-refractivity contribution in [2.24, 2.45) is 5.73 Å². The van der Waals surface area contributed by atoms with E-state index in [1.165, 1.54) is 16.9 Å². The monoisotopic (exact) mass is 246 g/mol. The third-order valence-corrected chi connectivity index (χ3v) is 3.92. The second-order valence-electron chi connectivity index (χ2n) is 3.92. The number of carbonyl (C=O) groups is 1. The van der Waals surface area contributed by atoms with Crippen LogP contribution >= 0.6 is 11.3 Å². The summed E-state index contributed by atoms with van der Waals surface area (Å²) in [7, 11) is 0. The van der Waals surface area contributed by atoms with E-state index in [-0.39, 0.29) is 5.92 Å². The third-order valence-electron chi connectivity index (χ3n) is 2.77. The van der Waals surface area contributed by atoms with Gasteiger partial charge in [-0.1, -0.05) is 37.3 Å². The molecule has 1 aromatic carbocycles. The minimum absolute atomic E-state index is 0.219. The van der Waals surface area contributed by atoms with E-state index in [9.17, 15) is 4.79 Å². The summed E-state index contributed by atoms with van der Waals surface area (Å²) < 4.78 is 0. The molecule has 3 nitrogen and oxygen atoms in total. The molecule has 4 N–H and O–H groups in total. The van der Waals surface area contributed by atoms with Crippen LogP contribution in [0.1, 0.15) is 33.6 Å². The van der Waals surface area contributed by atoms with Crippen molar-refractivity contribution in [2.75, 3.05) is 5.73 Å². The number of rotatable bonds is 3. The highest BCUT2D eigenvalue weighted by molar-refractivity contribution is 7.16. The van der Waals surface area contributed by atoms with Gasteiger partial charge in [-0.05, 0) is 11.6 Å². The van der Waals surface area contributed by atoms with Gasteiger partial charge in [0.2, 0.25) is 0 Å². The Balaban J connectivity index is 2.35. The number of benzene rings is 1. The molecule has 1 unspecified atom stereocenters. The Labute approximate surface area is 104 Å². The van der Waals surface area contributed by atoms with Crippen molar-refractivity contribution in [3.05, 3.63) is 52.4 Å². The van der Waals surface area contributed by atoms with E-state index in [0.29, 0.717) is 10.6 Å². The predicted octanol–water partition coefficient (Wildman–Crippen LogP) is 2.58. The number of thiophene rings is 1. The zero-order chi connectivity index (χ0) is 12.4. The molecule has 0 aliphatic heterocycles. The van der Waals surface area contributed by atoms with Crippen molar-refractivity contribution < 1.29 is 4.79 Å². The molecule has 2 rings (SSSR count). The van der Waals surface area contributed by atoms with Crippen LogP contribution in [0.4, 0.5) is 5.00 Å². The lowest BCUT2D eigenvalue weighted by Crippen LogP contribution is -2.11. The second-order valence-corrected chi connectivity index (χ2v) is 5.04. The van der Waals surface area contributed by atoms with Gasteiger partial charge in [-0.2, -0.15) is 0 Å². The molecule has 1 amide bonds. The number of amides is 1. The number of hydrogen-bond acceptors (Lipinski definition) is 3. The van der Waals surface area contributed by atoms with Gasteiger partial charge >= 0.3 is 0 Å². The van der Waals surface area contributed by atoms with Crippen molar-refractivity contribution >= 4 is 22.2 Å². The van der Waals surface area contributed by atoms with Gasteiger partial charge in [0.25, 0.3) is 5.91 Å². The van der Waals surface area contributed by atoms with E-state index >= 15 is 0 Å². The first-order chi connectivity index (χ1) is 8.09. The Kier molecular flexibility index (Phi) is 3.15. The maximum absolute atomic E-state index is 11.1. The first-order valence-corrected chi connectivity index (χ1v) is 6.15. The summed E-state index contributed by atoms with van der Waals surface area (Å²) in [4.78, 5) is 12.2. The number of nitrogens with two attached hydrogens (primary N) is 2. The quantitative estimate of drug-likeness (QED) is 0.874. The second kappa shape index (κ2) is 4.59. The molecule has 0 saturated carbocycles. The number of hydrogen-bond donors (Lipinski definition) is 2. The molecule has 1 aromatic heterocycles. The number of nitrogen functional groups attached to an aromatic ring is 1. The molecule has 0 radical (unpaired) electrons. The Morgan fingerprint density at radius 3 is 2.47 bits per heavy atom. The molecule has 2 aromatic rings. The van der Waals surface area contributed by atoms with Gasteiger partial charge in [0.1, 0.15) is 0 Å². The van der Waals surface area contributed by atoms with Gasteiger partial charge in [-0.25, -0.2) is 0 Å². The van der Waals surface area contributed by atoms with Gasteiger partial charge in [-0.15, -0.1) is 11.3 Å². The highest BCUT2D eigenvalue weighted by atomic mass is 32.1. The van der Waals surface area contributed by atoms with E-state index in [4.69, 9.17) is 11.5 Å². The standard InChI is InChI=1S/C13H14N2OS/c1-8(9-5-3-2-4-6-9)11-7-10(12(14)16)13(15)17-11/h2-8H,15H2,1H3,(H2,14,16). The van der Waals surface area contributed by atoms with Crippen molar-refractivity contribution in [2.45, 2.75) is 12.8 Å². The number of primary amides is 1. The maximum Gasteiger partial charge on any atom is 0.251 e. The maximum atomic E-state index is 11.1. The first kappa shape index (κ1) is 11.7. The van der Waals surface area contributed by atoms with Crippen LogP contribution in [-0.4, -0.2) is 5.91 Å². The Bertz CT molecular complexity index is 534. The highest BCUT2D eigenvalue weighted by Crippen LogP contribution is 2.33. The molecule has 1 atom stereocenters. The van der Waals surface area contributed by atoms with Crippen LogP contribution < -0.4 is 11.5 Å². The zero-order valence-corrected chi connectivity index (χ0v) is 10.3. The topological polar surface area (TPSA) is 69.1 Å². The van der Waals surface area contributed by atoms with Gasteiger partial charge in [0, 0.05) is 10.8 Å². The average molecular weight is 246 g/mol. The lowest BCUT2D eigenvalue weighted by Gasteiger charge is -2.08. The highest BCUT2D eigenvalue weighted by Gasteiger charge is 2.16. The minimum Gasteiger partial charge on any atom is -0.390 e. The molecule has 0 bridgehead atoms. The number of carbonyl (C=O) groups excluding carboxylic acids is 1. The van der Waals surface area contributed by atoms with Crippen molar-refractivity contribution in [1.82, 2.24) is 0 Å². The summed E-state index contributed by atoms with van der Waals surface area (Å²) in [5.41, 5.74) is 12.7. The molecule has 0 fully saturated rings. The summed E-state index contributed by atoms with van der Waals surface area (Å²) in [6, 6.07) is 11.9. The molecule has 1 heterocycles. The van der Waals surface area contributed by atoms with E-state index < -0.39 is 5.91 Å². The molecule has 4 heteroatoms. The van der Waals surface area contributed by atoms with E-state index in [0.717, 1.165) is 4.88 Å². The Morgan fingerprint density at radius 2 is 1.94 bits per heavy atom. The average Bonchev–Trinajstić information content (AvgIpc) is 2.71. The third kappa shape index (κ3) is 2.31. The van der Waals surface area contributed by atoms with Gasteiger partial charge < -0.3 is 11.5 Å². The predicted molar refractivity (Wildman–Crippen MR) is 71.2 cm³/mol. The molecule has 17 heavy (non-hydrogen) atoms. The lowest BCUT2D eigenvalue weighted by atomic mass is 9.99. The molecule has 88 valence electrons. The Hall–Kier alpha value is -1.81. The number of anilines is 1. The SMILES string of the molecule is CC(c1ccccc1)c1cc(C(N)=O)c(N)s1. The van der Waals surface area contributed by atoms with E-state index in [1.807, 2.05) is 18.2 Å². The fourth-order valence-corrected chi connectivity index (χ4v) is 2.75. The fourth-order valence-electron chi connectivity index (χ4n) is 1.74. The van der Waals surface area contributed by atoms with E-state index in [2.05, 4.69) is 19.1 Å². The van der Waals surface area contributed by atoms with Crippen molar-refractivity contribution in [1.29, 1.82) is 0 Å². The van der Waals surface area contributed by atoms with E-state index in [1.54, 1.807) is 6.07 Å². The Morgan fingerprint density at radius 1 is 1.29 bits per heavy atom. The van der Waals surface area contributed by atoms with Crippen LogP contribution in [0.15, 0.2) is 36.4 Å². The van der Waals surface area contributed by atoms with Crippen LogP contribution in [0.3, 0.4) is 0 Å². The molecule has 0 spiro atoms. The van der Waals surface area contributed by atoms with Crippen LogP contribution in [0.25, 0.3) is 0 Å². The van der Waals surface area contributed by atoms with Gasteiger partial charge in [0.15, 0.2) is 0 Å². The molecule has 0 aliphatic carbocycles. The summed E-state index contributed by atoms with van der Waals surface area (Å²) in [6.07, 6.45) is 0. The molecule has 0 saturated heterocycles. The fraction of sp³-hybridized carbons (Fsp3) is 0.154. The van der Waals surface area contributed by atoms with Crippen LogP contribution in [-0.2, 0) is 0 Å². The molecule has 0 aliphatic rings. The largest absolute Gasteiger partial charge is 0.390 e. The van der Waals surface area contributed by atoms with Crippen molar-refractivity contribution in [3.63, 3.8) is 0 Å². The summed E-state index contributed by atoms with van der Waals surface area (Å²) in [5.74, 6) is -0.248. The summed E-state index contributed by atoms with van der Waals surface area (Å²) in [5, 5.41) is 0.496. The smallest absolute Gasteiger partial charge is 0.251 e. The minimum atomic E-state index is -0.467. The van der Waals surface area contributed by atoms with Crippen LogP contribution in [0, 0.1) is 0 Å². The van der Waals surface area contributed by atoms with Crippen LogP contribution in [0.2, 0.25) is 0 Å². The molecular formula is C13H14N2OS. The van der Waals surface area contributed by atoms with Gasteiger partial charge in [-0.3, -0.25) is 4.79 Å². The normalized spacial score (nSPS) is 12.3. The lowest BCUT2D eigenvalue weighted by molar-refractivity contribution is 0.100. The van der Waals surface area contributed by atoms with Gasteiger partial charge in [0.05, 0.1) is 10.6 Å². The van der Waals surface area contributed by atoms with Crippen molar-refractivity contribution in [3.8, 4) is 0 Å². The summed E-state index contributed by atoms with van der Waals surface area (Å²) >= 11 is 1.42. The zero-order valence-electron chi connectivity index (χ0n) is 9.51. The summed E-state index contributed by atoms with van der Waals surface area (Å²) in [6.45, 7) is 2.09. The molecular weight excluding hydrogens is 232 g/mol. The van der Waals surface area contributed by atoms with Crippen LogP contribution in [0.5, 0.6) is 0 Å².